The van der Waals surface area contributed by atoms with Crippen LogP contribution < -0.4 is 0 Å². The first kappa shape index (κ1) is 14.1. The summed E-state index contributed by atoms with van der Waals surface area (Å²) >= 11 is 6.12. The van der Waals surface area contributed by atoms with Crippen molar-refractivity contribution in [3.05, 3.63) is 34.1 Å². The number of Topliss-reactive ketones (excluding diaryl/α,β-unsaturated/α-hetero) is 1. The molecule has 0 aliphatic rings. The zero-order valence-electron chi connectivity index (χ0n) is 10.6. The van der Waals surface area contributed by atoms with Crippen molar-refractivity contribution in [1.82, 2.24) is 4.90 Å². The maximum atomic E-state index is 13.6. The van der Waals surface area contributed by atoms with E-state index in [1.54, 1.807) is 13.0 Å². The van der Waals surface area contributed by atoms with E-state index >= 15 is 0 Å². The number of aryl methyl sites for hydroxylation is 1. The second-order valence-corrected chi connectivity index (χ2v) is 4.92. The van der Waals surface area contributed by atoms with E-state index in [0.29, 0.717) is 22.6 Å². The highest BCUT2D eigenvalue weighted by Gasteiger charge is 2.20. The number of carbonyl (C=O) groups excluding carboxylic acids is 1. The second-order valence-electron chi connectivity index (χ2n) is 4.51. The van der Waals surface area contributed by atoms with Crippen molar-refractivity contribution in [2.75, 3.05) is 14.1 Å². The number of rotatable bonds is 4. The van der Waals surface area contributed by atoms with Crippen molar-refractivity contribution in [3.8, 4) is 0 Å². The first-order valence-electron chi connectivity index (χ1n) is 5.44. The zero-order valence-corrected chi connectivity index (χ0v) is 11.3. The number of carbonyl (C=O) groups is 1. The summed E-state index contributed by atoms with van der Waals surface area (Å²) in [4.78, 5) is 13.1. The lowest BCUT2D eigenvalue weighted by molar-refractivity contribution is -0.118. The number of hydrogen-bond donors (Lipinski definition) is 0. The van der Waals surface area contributed by atoms with Gasteiger partial charge in [0.15, 0.2) is 0 Å². The van der Waals surface area contributed by atoms with E-state index in [1.165, 1.54) is 13.0 Å². The van der Waals surface area contributed by atoms with Crippen LogP contribution in [0.4, 0.5) is 4.39 Å². The Bertz CT molecular complexity index is 432. The van der Waals surface area contributed by atoms with Crippen molar-refractivity contribution < 1.29 is 9.18 Å². The molecule has 4 heteroatoms. The fourth-order valence-corrected chi connectivity index (χ4v) is 2.10. The summed E-state index contributed by atoms with van der Waals surface area (Å²) in [6.45, 7) is 3.19. The average molecular weight is 258 g/mol. The first-order chi connectivity index (χ1) is 7.82. The van der Waals surface area contributed by atoms with Gasteiger partial charge in [-0.3, -0.25) is 4.79 Å². The fourth-order valence-electron chi connectivity index (χ4n) is 1.76. The summed E-state index contributed by atoms with van der Waals surface area (Å²) in [6, 6.07) is 2.84. The van der Waals surface area contributed by atoms with Gasteiger partial charge in [0.25, 0.3) is 0 Å². The monoisotopic (exact) mass is 257 g/mol. The van der Waals surface area contributed by atoms with E-state index in [4.69, 9.17) is 11.6 Å². The Morgan fingerprint density at radius 3 is 2.53 bits per heavy atom. The molecule has 17 heavy (non-hydrogen) atoms. The molecule has 1 unspecified atom stereocenters. The van der Waals surface area contributed by atoms with Crippen molar-refractivity contribution in [3.63, 3.8) is 0 Å². The van der Waals surface area contributed by atoms with Crippen LogP contribution in [-0.4, -0.2) is 24.8 Å². The van der Waals surface area contributed by atoms with Crippen LogP contribution in [0.3, 0.4) is 0 Å². The molecule has 1 atom stereocenters. The van der Waals surface area contributed by atoms with Gasteiger partial charge in [-0.1, -0.05) is 11.6 Å². The molecular weight excluding hydrogens is 241 g/mol. The number of nitrogens with zero attached hydrogens (tertiary/aromatic N) is 1. The highest BCUT2D eigenvalue weighted by atomic mass is 35.5. The number of halogens is 2. The van der Waals surface area contributed by atoms with Crippen LogP contribution in [-0.2, 0) is 4.79 Å². The van der Waals surface area contributed by atoms with Gasteiger partial charge < -0.3 is 4.90 Å². The summed E-state index contributed by atoms with van der Waals surface area (Å²) in [7, 11) is 3.70. The van der Waals surface area contributed by atoms with Crippen LogP contribution in [0.2, 0.25) is 5.02 Å². The van der Waals surface area contributed by atoms with Gasteiger partial charge >= 0.3 is 0 Å². The van der Waals surface area contributed by atoms with E-state index in [0.717, 1.165) is 0 Å². The molecule has 1 aromatic rings. The third kappa shape index (κ3) is 3.51. The predicted molar refractivity (Wildman–Crippen MR) is 67.9 cm³/mol. The van der Waals surface area contributed by atoms with Gasteiger partial charge in [-0.2, -0.15) is 0 Å². The smallest absolute Gasteiger partial charge is 0.131 e. The summed E-state index contributed by atoms with van der Waals surface area (Å²) in [5.74, 6) is -0.236. The van der Waals surface area contributed by atoms with Crippen LogP contribution in [0.1, 0.15) is 30.5 Å². The molecule has 0 amide bonds. The Morgan fingerprint density at radius 1 is 1.47 bits per heavy atom. The molecule has 94 valence electrons. The number of ketones is 1. The molecule has 0 fully saturated rings. The lowest BCUT2D eigenvalue weighted by Gasteiger charge is -2.25. The molecule has 0 saturated carbocycles. The molecule has 0 N–H and O–H groups in total. The quantitative estimate of drug-likeness (QED) is 0.824. The molecule has 0 bridgehead atoms. The summed E-state index contributed by atoms with van der Waals surface area (Å²) in [5.41, 5.74) is 1.18. The summed E-state index contributed by atoms with van der Waals surface area (Å²) in [6.07, 6.45) is 0.329. The molecule has 1 aromatic carbocycles. The van der Waals surface area contributed by atoms with Crippen LogP contribution in [0.5, 0.6) is 0 Å². The molecule has 0 aromatic heterocycles. The fraction of sp³-hybridized carbons (Fsp3) is 0.462. The van der Waals surface area contributed by atoms with Gasteiger partial charge in [0.2, 0.25) is 0 Å². The van der Waals surface area contributed by atoms with Gasteiger partial charge in [0.1, 0.15) is 11.6 Å². The third-order valence-electron chi connectivity index (χ3n) is 2.74. The Hall–Kier alpha value is -0.930. The lowest BCUT2D eigenvalue weighted by atomic mass is 9.99. The summed E-state index contributed by atoms with van der Waals surface area (Å²) < 4.78 is 13.6. The average Bonchev–Trinajstić information content (AvgIpc) is 2.20. The molecule has 0 saturated heterocycles. The molecule has 0 spiro atoms. The Balaban J connectivity index is 3.18. The van der Waals surface area contributed by atoms with Crippen LogP contribution in [0.25, 0.3) is 0 Å². The first-order valence-corrected chi connectivity index (χ1v) is 5.82. The van der Waals surface area contributed by atoms with Crippen LogP contribution in [0, 0.1) is 12.7 Å². The predicted octanol–water partition coefficient (Wildman–Crippen LogP) is 3.37. The Kier molecular flexibility index (Phi) is 4.66. The zero-order chi connectivity index (χ0) is 13.2. The second kappa shape index (κ2) is 5.61. The van der Waals surface area contributed by atoms with Gasteiger partial charge in [0, 0.05) is 17.5 Å². The van der Waals surface area contributed by atoms with E-state index in [-0.39, 0.29) is 17.6 Å². The van der Waals surface area contributed by atoms with Crippen molar-refractivity contribution in [2.24, 2.45) is 0 Å². The van der Waals surface area contributed by atoms with E-state index in [9.17, 15) is 9.18 Å². The largest absolute Gasteiger partial charge is 0.302 e. The molecule has 0 aliphatic carbocycles. The number of benzene rings is 1. The van der Waals surface area contributed by atoms with Crippen molar-refractivity contribution >= 4 is 17.4 Å². The van der Waals surface area contributed by atoms with Crippen LogP contribution in [0.15, 0.2) is 12.1 Å². The van der Waals surface area contributed by atoms with Gasteiger partial charge in [-0.25, -0.2) is 4.39 Å². The molecule has 1 rings (SSSR count). The van der Waals surface area contributed by atoms with Gasteiger partial charge in [0.05, 0.1) is 0 Å². The van der Waals surface area contributed by atoms with Gasteiger partial charge in [-0.05, 0) is 51.2 Å². The van der Waals surface area contributed by atoms with E-state index in [2.05, 4.69) is 0 Å². The topological polar surface area (TPSA) is 20.3 Å². The van der Waals surface area contributed by atoms with E-state index in [1.807, 2.05) is 19.0 Å². The molecular formula is C13H17ClFNO. The Labute approximate surface area is 106 Å². The van der Waals surface area contributed by atoms with Crippen molar-refractivity contribution in [1.29, 1.82) is 0 Å². The standard InChI is InChI=1S/C13H17ClFNO/c1-8-5-11(14)10(7-12(8)15)13(16(3)4)6-9(2)17/h5,7,13H,6H2,1-4H3. The highest BCUT2D eigenvalue weighted by molar-refractivity contribution is 6.31. The van der Waals surface area contributed by atoms with Gasteiger partial charge in [-0.15, -0.1) is 0 Å². The number of hydrogen-bond acceptors (Lipinski definition) is 2. The molecule has 0 aliphatic heterocycles. The Morgan fingerprint density at radius 2 is 2.06 bits per heavy atom. The molecule has 2 nitrogen and oxygen atoms in total. The SMILES string of the molecule is CC(=O)CC(c1cc(F)c(C)cc1Cl)N(C)C. The van der Waals surface area contributed by atoms with Crippen LogP contribution >= 0.6 is 11.6 Å². The minimum atomic E-state index is -0.292. The normalized spacial score (nSPS) is 12.9. The minimum absolute atomic E-state index is 0.0562. The third-order valence-corrected chi connectivity index (χ3v) is 3.07. The lowest BCUT2D eigenvalue weighted by Crippen LogP contribution is -2.22. The maximum absolute atomic E-state index is 13.6. The minimum Gasteiger partial charge on any atom is -0.302 e. The maximum Gasteiger partial charge on any atom is 0.131 e. The highest BCUT2D eigenvalue weighted by Crippen LogP contribution is 2.30. The van der Waals surface area contributed by atoms with Crippen molar-refractivity contribution in [2.45, 2.75) is 26.3 Å². The van der Waals surface area contributed by atoms with E-state index < -0.39 is 0 Å². The molecule has 0 radical (unpaired) electrons. The molecule has 0 heterocycles. The summed E-state index contributed by atoms with van der Waals surface area (Å²) in [5, 5.41) is 0.504.